The Morgan fingerprint density at radius 3 is 2.43 bits per heavy atom. The fourth-order valence-electron chi connectivity index (χ4n) is 3.69. The van der Waals surface area contributed by atoms with Gasteiger partial charge >= 0.3 is 0 Å². The number of amides is 1. The average molecular weight is 338 g/mol. The lowest BCUT2D eigenvalue weighted by molar-refractivity contribution is -0.131. The van der Waals surface area contributed by atoms with E-state index in [-0.39, 0.29) is 18.0 Å². The second-order valence-electron chi connectivity index (χ2n) is 6.20. The molecule has 2 saturated heterocycles. The highest BCUT2D eigenvalue weighted by atomic mass is 32.2. The average Bonchev–Trinajstić information content (AvgIpc) is 3.08. The molecular formula is C16H22N2O4S. The molecule has 2 fully saturated rings. The molecule has 2 atom stereocenters. The van der Waals surface area contributed by atoms with Crippen molar-refractivity contribution in [1.29, 1.82) is 0 Å². The Morgan fingerprint density at radius 2 is 1.83 bits per heavy atom. The first-order chi connectivity index (χ1) is 10.9. The van der Waals surface area contributed by atoms with Gasteiger partial charge in [0.15, 0.2) is 0 Å². The number of carbonyl (C=O) groups is 1. The van der Waals surface area contributed by atoms with E-state index in [2.05, 4.69) is 0 Å². The summed E-state index contributed by atoms with van der Waals surface area (Å²) in [5.41, 5.74) is 0.942. The van der Waals surface area contributed by atoms with Gasteiger partial charge in [-0.25, -0.2) is 8.42 Å². The number of hydrogen-bond donors (Lipinski definition) is 0. The summed E-state index contributed by atoms with van der Waals surface area (Å²) in [5, 5.41) is 0. The molecular weight excluding hydrogens is 316 g/mol. The number of likely N-dealkylation sites (tertiary alicyclic amines) is 1. The van der Waals surface area contributed by atoms with Crippen LogP contribution in [0.1, 0.15) is 18.4 Å². The SMILES string of the molecule is COc1ccc(CC(=O)N2CC[C@H]3[C@H]2CCN3S(C)(=O)=O)cc1. The van der Waals surface area contributed by atoms with Crippen molar-refractivity contribution in [3.63, 3.8) is 0 Å². The number of methoxy groups -OCH3 is 1. The standard InChI is InChI=1S/C16H22N2O4S/c1-22-13-5-3-12(4-6-13)11-16(19)17-9-7-15-14(17)8-10-18(15)23(2,20)21/h3-6,14-15H,7-11H2,1-2H3/t14-,15+/m1/s1. The van der Waals surface area contributed by atoms with E-state index >= 15 is 0 Å². The Bertz CT molecular complexity index is 687. The van der Waals surface area contributed by atoms with E-state index in [0.29, 0.717) is 19.5 Å². The largest absolute Gasteiger partial charge is 0.497 e. The Kier molecular flexibility index (Phi) is 4.33. The zero-order chi connectivity index (χ0) is 16.6. The number of carbonyl (C=O) groups excluding carboxylic acids is 1. The lowest BCUT2D eigenvalue weighted by Gasteiger charge is -2.24. The van der Waals surface area contributed by atoms with Crippen LogP contribution in [0.4, 0.5) is 0 Å². The molecule has 0 aliphatic carbocycles. The van der Waals surface area contributed by atoms with Crippen molar-refractivity contribution in [2.75, 3.05) is 26.5 Å². The minimum atomic E-state index is -3.19. The molecule has 0 aromatic heterocycles. The van der Waals surface area contributed by atoms with E-state index in [9.17, 15) is 13.2 Å². The van der Waals surface area contributed by atoms with Gasteiger partial charge in [-0.2, -0.15) is 4.31 Å². The van der Waals surface area contributed by atoms with E-state index in [4.69, 9.17) is 4.74 Å². The van der Waals surface area contributed by atoms with Gasteiger partial charge in [-0.1, -0.05) is 12.1 Å². The normalized spacial score (nSPS) is 24.7. The maximum absolute atomic E-state index is 12.6. The van der Waals surface area contributed by atoms with Crippen molar-refractivity contribution >= 4 is 15.9 Å². The highest BCUT2D eigenvalue weighted by Gasteiger charge is 2.47. The van der Waals surface area contributed by atoms with E-state index in [1.165, 1.54) is 6.26 Å². The van der Waals surface area contributed by atoms with Crippen LogP contribution in [0.3, 0.4) is 0 Å². The molecule has 0 radical (unpaired) electrons. The van der Waals surface area contributed by atoms with Gasteiger partial charge in [-0.05, 0) is 30.5 Å². The molecule has 1 aromatic rings. The molecule has 0 bridgehead atoms. The Labute approximate surface area is 137 Å². The minimum Gasteiger partial charge on any atom is -0.497 e. The summed E-state index contributed by atoms with van der Waals surface area (Å²) >= 11 is 0. The van der Waals surface area contributed by atoms with Crippen LogP contribution in [0.5, 0.6) is 5.75 Å². The van der Waals surface area contributed by atoms with Gasteiger partial charge in [-0.15, -0.1) is 0 Å². The van der Waals surface area contributed by atoms with E-state index < -0.39 is 10.0 Å². The highest BCUT2D eigenvalue weighted by molar-refractivity contribution is 7.88. The summed E-state index contributed by atoms with van der Waals surface area (Å²) in [5.74, 6) is 0.833. The van der Waals surface area contributed by atoms with Gasteiger partial charge in [0.2, 0.25) is 15.9 Å². The highest BCUT2D eigenvalue weighted by Crippen LogP contribution is 2.33. The zero-order valence-corrected chi connectivity index (χ0v) is 14.3. The maximum Gasteiger partial charge on any atom is 0.227 e. The van der Waals surface area contributed by atoms with Crippen LogP contribution in [0.2, 0.25) is 0 Å². The maximum atomic E-state index is 12.6. The van der Waals surface area contributed by atoms with Crippen LogP contribution < -0.4 is 4.74 Å². The first-order valence-electron chi connectivity index (χ1n) is 7.79. The van der Waals surface area contributed by atoms with Crippen molar-refractivity contribution < 1.29 is 17.9 Å². The van der Waals surface area contributed by atoms with E-state index in [1.54, 1.807) is 11.4 Å². The topological polar surface area (TPSA) is 66.9 Å². The first-order valence-corrected chi connectivity index (χ1v) is 9.64. The van der Waals surface area contributed by atoms with Crippen LogP contribution in [0.15, 0.2) is 24.3 Å². The van der Waals surface area contributed by atoms with Gasteiger partial charge < -0.3 is 9.64 Å². The molecule has 1 amide bonds. The molecule has 0 saturated carbocycles. The summed E-state index contributed by atoms with van der Waals surface area (Å²) in [6.45, 7) is 1.15. The molecule has 3 rings (SSSR count). The second-order valence-corrected chi connectivity index (χ2v) is 8.13. The lowest BCUT2D eigenvalue weighted by atomic mass is 10.1. The molecule has 23 heavy (non-hydrogen) atoms. The summed E-state index contributed by atoms with van der Waals surface area (Å²) in [6, 6.07) is 7.44. The zero-order valence-electron chi connectivity index (χ0n) is 13.4. The van der Waals surface area contributed by atoms with Crippen LogP contribution >= 0.6 is 0 Å². The van der Waals surface area contributed by atoms with E-state index in [0.717, 1.165) is 24.2 Å². The van der Waals surface area contributed by atoms with Crippen molar-refractivity contribution in [1.82, 2.24) is 9.21 Å². The van der Waals surface area contributed by atoms with Crippen molar-refractivity contribution in [3.8, 4) is 5.75 Å². The van der Waals surface area contributed by atoms with Crippen LogP contribution in [-0.4, -0.2) is 62.1 Å². The monoisotopic (exact) mass is 338 g/mol. The lowest BCUT2D eigenvalue weighted by Crippen LogP contribution is -2.41. The number of sulfonamides is 1. The molecule has 0 unspecified atom stereocenters. The van der Waals surface area contributed by atoms with Crippen LogP contribution in [-0.2, 0) is 21.2 Å². The smallest absolute Gasteiger partial charge is 0.227 e. The third-order valence-corrected chi connectivity index (χ3v) is 6.09. The van der Waals surface area contributed by atoms with Crippen molar-refractivity contribution in [2.24, 2.45) is 0 Å². The quantitative estimate of drug-likeness (QED) is 0.817. The third kappa shape index (κ3) is 3.21. The number of benzene rings is 1. The van der Waals surface area contributed by atoms with Crippen molar-refractivity contribution in [2.45, 2.75) is 31.3 Å². The third-order valence-electron chi connectivity index (χ3n) is 4.79. The molecule has 2 aliphatic rings. The predicted octanol–water partition coefficient (Wildman–Crippen LogP) is 0.872. The summed E-state index contributed by atoms with van der Waals surface area (Å²) in [7, 11) is -1.58. The molecule has 2 heterocycles. The predicted molar refractivity (Wildman–Crippen MR) is 86.8 cm³/mol. The van der Waals surface area contributed by atoms with Gasteiger partial charge in [0, 0.05) is 25.2 Å². The number of ether oxygens (including phenoxy) is 1. The summed E-state index contributed by atoms with van der Waals surface area (Å²) in [4.78, 5) is 14.5. The number of rotatable bonds is 4. The summed E-state index contributed by atoms with van der Waals surface area (Å²) < 4.78 is 30.3. The van der Waals surface area contributed by atoms with Crippen LogP contribution in [0, 0.1) is 0 Å². The van der Waals surface area contributed by atoms with Gasteiger partial charge in [0.05, 0.1) is 19.8 Å². The first kappa shape index (κ1) is 16.3. The Balaban J connectivity index is 1.67. The van der Waals surface area contributed by atoms with Gasteiger partial charge in [0.1, 0.15) is 5.75 Å². The van der Waals surface area contributed by atoms with Gasteiger partial charge in [-0.3, -0.25) is 4.79 Å². The number of fused-ring (bicyclic) bond motifs is 1. The number of hydrogen-bond acceptors (Lipinski definition) is 4. The Morgan fingerprint density at radius 1 is 1.17 bits per heavy atom. The van der Waals surface area contributed by atoms with Gasteiger partial charge in [0.25, 0.3) is 0 Å². The fourth-order valence-corrected chi connectivity index (χ4v) is 4.86. The molecule has 6 nitrogen and oxygen atoms in total. The minimum absolute atomic E-state index is 0.0236. The molecule has 0 spiro atoms. The molecule has 126 valence electrons. The number of nitrogens with zero attached hydrogens (tertiary/aromatic N) is 2. The van der Waals surface area contributed by atoms with E-state index in [1.807, 2.05) is 29.2 Å². The molecule has 2 aliphatic heterocycles. The second kappa shape index (κ2) is 6.13. The summed E-state index contributed by atoms with van der Waals surface area (Å²) in [6.07, 6.45) is 3.04. The van der Waals surface area contributed by atoms with Crippen molar-refractivity contribution in [3.05, 3.63) is 29.8 Å². The van der Waals surface area contributed by atoms with Crippen LogP contribution in [0.25, 0.3) is 0 Å². The fraction of sp³-hybridized carbons (Fsp3) is 0.562. The molecule has 1 aromatic carbocycles. The molecule has 0 N–H and O–H groups in total. The Hall–Kier alpha value is -1.60. The molecule has 7 heteroatoms.